The molecular weight excluding hydrogens is 442 g/mol. The number of carbonyl (C=O) groups excluding carboxylic acids is 1. The van der Waals surface area contributed by atoms with Gasteiger partial charge in [0.25, 0.3) is 6.36 Å². The fraction of sp³-hybridized carbons (Fsp3) is 0.750. The lowest BCUT2D eigenvalue weighted by Crippen LogP contribution is -2.25. The Balaban J connectivity index is -0.0000000567. The summed E-state index contributed by atoms with van der Waals surface area (Å²) in [6.07, 6.45) is -13.5. The average Bonchev–Trinajstić information content (AvgIpc) is 2.29. The van der Waals surface area contributed by atoms with Gasteiger partial charge in [-0.2, -0.15) is 18.1 Å². The average molecular weight is 454 g/mol. The van der Waals surface area contributed by atoms with Gasteiger partial charge in [-0.25, -0.2) is 9.18 Å². The van der Waals surface area contributed by atoms with Crippen molar-refractivity contribution >= 4 is 28.5 Å². The van der Waals surface area contributed by atoms with E-state index in [9.17, 15) is 39.6 Å². The Bertz CT molecular complexity index is 208. The summed E-state index contributed by atoms with van der Waals surface area (Å²) in [6.45, 7) is 2.68. The van der Waals surface area contributed by atoms with Crippen LogP contribution in [0.3, 0.4) is 0 Å². The molecule has 13 heteroatoms. The van der Waals surface area contributed by atoms with Crippen LogP contribution >= 0.6 is 22.6 Å². The van der Waals surface area contributed by atoms with Gasteiger partial charge in [-0.1, -0.05) is 22.6 Å². The Labute approximate surface area is 128 Å². The first-order valence-corrected chi connectivity index (χ1v) is 6.13. The van der Waals surface area contributed by atoms with E-state index in [0.717, 1.165) is 7.11 Å². The Hall–Kier alpha value is -0.530. The summed E-state index contributed by atoms with van der Waals surface area (Å²) in [5.74, 6) is 1.25. The number of rotatable bonds is 1. The molecule has 0 N–H and O–H groups in total. The molecule has 1 atom stereocenters. The molecule has 0 aliphatic carbocycles. The predicted molar refractivity (Wildman–Crippen MR) is 64.5 cm³/mol. The molecule has 0 rings (SSSR count). The van der Waals surface area contributed by atoms with E-state index in [2.05, 4.69) is 38.8 Å². The lowest BCUT2D eigenvalue weighted by Gasteiger charge is -2.08. The molecule has 0 aliphatic heterocycles. The molecule has 0 amide bonds. The molecule has 0 heterocycles. The summed E-state index contributed by atoms with van der Waals surface area (Å²) >= 11 is 2.15. The van der Waals surface area contributed by atoms with Gasteiger partial charge in [-0.3, -0.25) is 0 Å². The Morgan fingerprint density at radius 2 is 1.19 bits per heavy atom. The summed E-state index contributed by atoms with van der Waals surface area (Å²) in [7, 11) is 1.61. The minimum atomic E-state index is -5.50. The van der Waals surface area contributed by atoms with E-state index in [-0.39, 0.29) is 0 Å². The molecule has 0 spiro atoms. The zero-order valence-electron chi connectivity index (χ0n) is 10.8. The van der Waals surface area contributed by atoms with Gasteiger partial charge in [-0.15, -0.1) is 17.6 Å². The van der Waals surface area contributed by atoms with E-state index in [1.54, 1.807) is 0 Å². The van der Waals surface area contributed by atoms with E-state index in [1.807, 2.05) is 4.93 Å². The topological polar surface area (TPSA) is 35.5 Å². The van der Waals surface area contributed by atoms with Crippen molar-refractivity contribution in [2.45, 2.75) is 19.0 Å². The van der Waals surface area contributed by atoms with Crippen LogP contribution < -0.4 is 0 Å². The normalized spacial score (nSPS) is 10.5. The van der Waals surface area contributed by atoms with Gasteiger partial charge in [-0.05, 0) is 16.0 Å². The van der Waals surface area contributed by atoms with Crippen LogP contribution in [0.15, 0.2) is 6.58 Å². The van der Waals surface area contributed by atoms with Crippen LogP contribution in [0.25, 0.3) is 0 Å². The molecule has 0 bridgehead atoms. The molecule has 0 fully saturated rings. The zero-order chi connectivity index (χ0) is 18.7. The lowest BCUT2D eigenvalue weighted by molar-refractivity contribution is -0.256. The maximum absolute atomic E-state index is 11.3. The molecule has 1 unspecified atom stereocenters. The van der Waals surface area contributed by atoms with E-state index >= 15 is 0 Å². The van der Waals surface area contributed by atoms with Gasteiger partial charge in [0.15, 0.2) is 0 Å². The summed E-state index contributed by atoms with van der Waals surface area (Å²) in [5.41, 5.74) is 0. The second kappa shape index (κ2) is 21.8. The highest BCUT2D eigenvalue weighted by molar-refractivity contribution is 14.1. The van der Waals surface area contributed by atoms with Crippen LogP contribution in [0.1, 0.15) is 0 Å². The van der Waals surface area contributed by atoms with Gasteiger partial charge >= 0.3 is 12.6 Å². The first-order chi connectivity index (χ1) is 9.31. The molecule has 0 aromatic rings. The highest BCUT2D eigenvalue weighted by atomic mass is 127. The van der Waals surface area contributed by atoms with Crippen molar-refractivity contribution in [1.29, 1.82) is 0 Å². The third-order valence-electron chi connectivity index (χ3n) is 0.464. The minimum Gasteiger partial charge on any atom is -0.345 e. The first-order valence-electron chi connectivity index (χ1n) is 3.97. The summed E-state index contributed by atoms with van der Waals surface area (Å²) in [6, 6.07) is 0. The Morgan fingerprint density at radius 3 is 1.19 bits per heavy atom. The van der Waals surface area contributed by atoms with Crippen molar-refractivity contribution in [3.63, 3.8) is 0 Å². The fourth-order valence-electron chi connectivity index (χ4n) is 0.134. The molecule has 0 saturated carbocycles. The molecular formula is C8H12F9IO3. The van der Waals surface area contributed by atoms with Crippen molar-refractivity contribution in [2.24, 2.45) is 0 Å². The predicted octanol–water partition coefficient (Wildman–Crippen LogP) is 4.54. The van der Waals surface area contributed by atoms with Crippen molar-refractivity contribution < 1.29 is 54.1 Å². The van der Waals surface area contributed by atoms with Gasteiger partial charge in [0.1, 0.15) is 5.94 Å². The van der Waals surface area contributed by atoms with Crippen LogP contribution in [-0.2, 0) is 14.5 Å². The summed E-state index contributed by atoms with van der Waals surface area (Å²) in [4.78, 5) is 13.3. The quantitative estimate of drug-likeness (QED) is 0.253. The smallest absolute Gasteiger partial charge is 0.345 e. The lowest BCUT2D eigenvalue weighted by atomic mass is 10.7. The maximum atomic E-state index is 11.3. The standard InChI is InChI=1S/C3H4F4O.C2H2O.CF4.CH3FO.CH3I/c1-8-2(4)3(5,6)7;1-2-3;2-1(3,4)5;1-3-2;1-2/h2H,1H3;1H2;;1H3;1H3. The van der Waals surface area contributed by atoms with E-state index in [1.165, 1.54) is 5.94 Å². The van der Waals surface area contributed by atoms with Crippen LogP contribution in [-0.4, -0.2) is 44.1 Å². The number of ether oxygens (including phenoxy) is 1. The number of hydrogen-bond donors (Lipinski definition) is 0. The third kappa shape index (κ3) is 106. The molecule has 0 saturated heterocycles. The summed E-state index contributed by atoms with van der Waals surface area (Å²) < 4.78 is 96.0. The van der Waals surface area contributed by atoms with Crippen molar-refractivity contribution in [2.75, 3.05) is 19.2 Å². The van der Waals surface area contributed by atoms with Crippen LogP contribution in [0.2, 0.25) is 0 Å². The van der Waals surface area contributed by atoms with Crippen LogP contribution in [0.4, 0.5) is 39.6 Å². The molecule has 0 aromatic carbocycles. The molecule has 0 aromatic heterocycles. The maximum Gasteiger partial charge on any atom is 0.559 e. The molecule has 3 nitrogen and oxygen atoms in total. The van der Waals surface area contributed by atoms with Crippen LogP contribution in [0, 0.1) is 0 Å². The molecule has 0 radical (unpaired) electrons. The van der Waals surface area contributed by atoms with Crippen molar-refractivity contribution in [1.82, 2.24) is 0 Å². The van der Waals surface area contributed by atoms with Crippen molar-refractivity contribution in [3.05, 3.63) is 6.58 Å². The fourth-order valence-corrected chi connectivity index (χ4v) is 0.134. The monoisotopic (exact) mass is 454 g/mol. The Morgan fingerprint density at radius 1 is 1.05 bits per heavy atom. The molecule has 132 valence electrons. The van der Waals surface area contributed by atoms with Gasteiger partial charge in [0, 0.05) is 7.11 Å². The van der Waals surface area contributed by atoms with Gasteiger partial charge in [0.05, 0.1) is 7.11 Å². The first kappa shape index (κ1) is 32.4. The van der Waals surface area contributed by atoms with Gasteiger partial charge < -0.3 is 4.74 Å². The van der Waals surface area contributed by atoms with E-state index < -0.39 is 19.0 Å². The minimum absolute atomic E-state index is 0.651. The van der Waals surface area contributed by atoms with E-state index in [0.29, 0.717) is 7.11 Å². The second-order valence-electron chi connectivity index (χ2n) is 1.82. The number of hydrogen-bond acceptors (Lipinski definition) is 3. The highest BCUT2D eigenvalue weighted by Crippen LogP contribution is 2.22. The van der Waals surface area contributed by atoms with Crippen molar-refractivity contribution in [3.8, 4) is 0 Å². The second-order valence-corrected chi connectivity index (χ2v) is 1.82. The Kier molecular flexibility index (Phi) is 33.6. The van der Waals surface area contributed by atoms with Gasteiger partial charge in [0.2, 0.25) is 0 Å². The summed E-state index contributed by atoms with van der Waals surface area (Å²) in [5, 5.41) is 0. The third-order valence-corrected chi connectivity index (χ3v) is 0.464. The number of methoxy groups -OCH3 is 1. The van der Waals surface area contributed by atoms with Crippen LogP contribution in [0.5, 0.6) is 0 Å². The largest absolute Gasteiger partial charge is 0.559 e. The number of alkyl halides is 9. The number of halogens is 10. The molecule has 0 aliphatic rings. The zero-order valence-corrected chi connectivity index (χ0v) is 12.9. The van der Waals surface area contributed by atoms with E-state index in [4.69, 9.17) is 4.79 Å². The SMILES string of the molecule is C=C=O.CI.COC(F)C(F)(F)F.COF.FC(F)(F)F. The highest BCUT2D eigenvalue weighted by Gasteiger charge is 2.40. The molecule has 21 heavy (non-hydrogen) atoms.